The largest absolute Gasteiger partial charge is 0.332 e. The highest BCUT2D eigenvalue weighted by atomic mass is 35.5. The summed E-state index contributed by atoms with van der Waals surface area (Å²) in [6, 6.07) is 10.6. The molecule has 28 heavy (non-hydrogen) atoms. The van der Waals surface area contributed by atoms with Gasteiger partial charge in [-0.25, -0.2) is 8.42 Å². The van der Waals surface area contributed by atoms with Gasteiger partial charge in [-0.05, 0) is 54.7 Å². The second-order valence-electron chi connectivity index (χ2n) is 5.68. The van der Waals surface area contributed by atoms with Crippen LogP contribution in [0.1, 0.15) is 24.2 Å². The van der Waals surface area contributed by atoms with Gasteiger partial charge in [-0.15, -0.1) is 0 Å². The average molecular weight is 460 g/mol. The van der Waals surface area contributed by atoms with Gasteiger partial charge in [0.2, 0.25) is 10.0 Å². The minimum atomic E-state index is -3.53. The lowest BCUT2D eigenvalue weighted by atomic mass is 10.2. The van der Waals surface area contributed by atoms with E-state index in [4.69, 9.17) is 35.4 Å². The summed E-state index contributed by atoms with van der Waals surface area (Å²) in [5.74, 6) is -0.470. The van der Waals surface area contributed by atoms with Crippen molar-refractivity contribution in [2.45, 2.75) is 18.7 Å². The summed E-state index contributed by atoms with van der Waals surface area (Å²) >= 11 is 16.9. The van der Waals surface area contributed by atoms with E-state index < -0.39 is 15.9 Å². The lowest BCUT2D eigenvalue weighted by Gasteiger charge is -2.18. The van der Waals surface area contributed by atoms with E-state index in [0.29, 0.717) is 28.8 Å². The molecule has 0 radical (unpaired) electrons. The number of anilines is 1. The van der Waals surface area contributed by atoms with Crippen molar-refractivity contribution in [2.75, 3.05) is 18.4 Å². The number of halogens is 2. The Labute approximate surface area is 179 Å². The zero-order valence-corrected chi connectivity index (χ0v) is 18.3. The van der Waals surface area contributed by atoms with Crippen LogP contribution in [0.2, 0.25) is 10.0 Å². The maximum absolute atomic E-state index is 12.5. The Morgan fingerprint density at radius 2 is 1.57 bits per heavy atom. The minimum Gasteiger partial charge on any atom is -0.332 e. The highest BCUT2D eigenvalue weighted by Gasteiger charge is 2.21. The van der Waals surface area contributed by atoms with Crippen molar-refractivity contribution in [3.63, 3.8) is 0 Å². The number of sulfonamides is 1. The predicted octanol–water partition coefficient (Wildman–Crippen LogP) is 4.15. The second-order valence-corrected chi connectivity index (χ2v) is 8.90. The van der Waals surface area contributed by atoms with Gasteiger partial charge in [-0.1, -0.05) is 37.0 Å². The molecule has 0 atom stereocenters. The Morgan fingerprint density at radius 3 is 2.07 bits per heavy atom. The molecule has 0 fully saturated rings. The summed E-state index contributed by atoms with van der Waals surface area (Å²) in [7, 11) is -3.53. The summed E-state index contributed by atoms with van der Waals surface area (Å²) in [6.07, 6.45) is 0. The molecule has 1 amide bonds. The topological polar surface area (TPSA) is 78.5 Å². The van der Waals surface area contributed by atoms with E-state index in [1.165, 1.54) is 34.6 Å². The van der Waals surface area contributed by atoms with E-state index in [9.17, 15) is 13.2 Å². The van der Waals surface area contributed by atoms with Gasteiger partial charge in [-0.3, -0.25) is 10.1 Å². The molecule has 0 bridgehead atoms. The Kier molecular flexibility index (Phi) is 7.79. The molecule has 0 aliphatic rings. The molecule has 0 aliphatic heterocycles. The van der Waals surface area contributed by atoms with Crippen molar-refractivity contribution >= 4 is 62.2 Å². The fraction of sp³-hybridized carbons (Fsp3) is 0.222. The highest BCUT2D eigenvalue weighted by Crippen LogP contribution is 2.20. The molecule has 150 valence electrons. The molecule has 0 heterocycles. The Morgan fingerprint density at radius 1 is 1.04 bits per heavy atom. The van der Waals surface area contributed by atoms with Gasteiger partial charge in [0.05, 0.1) is 4.90 Å². The molecule has 0 saturated heterocycles. The van der Waals surface area contributed by atoms with Crippen LogP contribution in [0.3, 0.4) is 0 Å². The summed E-state index contributed by atoms with van der Waals surface area (Å²) in [6.45, 7) is 4.35. The molecule has 2 aromatic carbocycles. The number of amides is 1. The third-order valence-corrected chi connectivity index (χ3v) is 6.51. The van der Waals surface area contributed by atoms with Crippen molar-refractivity contribution in [3.8, 4) is 0 Å². The zero-order valence-electron chi connectivity index (χ0n) is 15.2. The van der Waals surface area contributed by atoms with Crippen LogP contribution in [0.15, 0.2) is 47.4 Å². The van der Waals surface area contributed by atoms with Gasteiger partial charge in [0, 0.05) is 34.4 Å². The molecule has 2 N–H and O–H groups in total. The molecule has 0 aliphatic carbocycles. The minimum absolute atomic E-state index is 0.0560. The average Bonchev–Trinajstić information content (AvgIpc) is 2.62. The molecule has 0 saturated carbocycles. The Balaban J connectivity index is 2.05. The standard InChI is InChI=1S/C18H19Cl2N3O3S2/c1-3-23(4-2)28(25,26)16-7-5-15(6-8-16)21-18(27)22-17(24)12-9-13(19)11-14(20)10-12/h5-11H,3-4H2,1-2H3,(H2,21,22,24,27). The molecule has 0 spiro atoms. The highest BCUT2D eigenvalue weighted by molar-refractivity contribution is 7.89. The van der Waals surface area contributed by atoms with Crippen LogP contribution in [-0.2, 0) is 10.0 Å². The van der Waals surface area contributed by atoms with Gasteiger partial charge >= 0.3 is 0 Å². The summed E-state index contributed by atoms with van der Waals surface area (Å²) in [5.41, 5.74) is 0.801. The van der Waals surface area contributed by atoms with Crippen LogP contribution in [0.4, 0.5) is 5.69 Å². The lowest BCUT2D eigenvalue weighted by Crippen LogP contribution is -2.34. The molecule has 2 aromatic rings. The van der Waals surface area contributed by atoms with Crippen molar-refractivity contribution in [2.24, 2.45) is 0 Å². The van der Waals surface area contributed by atoms with E-state index >= 15 is 0 Å². The third kappa shape index (κ3) is 5.65. The van der Waals surface area contributed by atoms with E-state index in [0.717, 1.165) is 0 Å². The van der Waals surface area contributed by atoms with Crippen LogP contribution >= 0.6 is 35.4 Å². The second kappa shape index (κ2) is 9.67. The molecule has 0 aromatic heterocycles. The van der Waals surface area contributed by atoms with Crippen molar-refractivity contribution in [1.82, 2.24) is 9.62 Å². The quantitative estimate of drug-likeness (QED) is 0.634. The molecule has 2 rings (SSSR count). The van der Waals surface area contributed by atoms with Gasteiger partial charge in [0.15, 0.2) is 5.11 Å². The summed E-state index contributed by atoms with van der Waals surface area (Å²) in [4.78, 5) is 12.4. The monoisotopic (exact) mass is 459 g/mol. The lowest BCUT2D eigenvalue weighted by molar-refractivity contribution is 0.0977. The van der Waals surface area contributed by atoms with Gasteiger partial charge in [0.1, 0.15) is 0 Å². The number of nitrogens with zero attached hydrogens (tertiary/aromatic N) is 1. The number of nitrogens with one attached hydrogen (secondary N) is 2. The smallest absolute Gasteiger partial charge is 0.257 e. The first-order valence-electron chi connectivity index (χ1n) is 8.36. The van der Waals surface area contributed by atoms with Gasteiger partial charge in [-0.2, -0.15) is 4.31 Å². The molecule has 6 nitrogen and oxygen atoms in total. The van der Waals surface area contributed by atoms with E-state index in [2.05, 4.69) is 10.6 Å². The van der Waals surface area contributed by atoms with Gasteiger partial charge in [0.25, 0.3) is 5.91 Å². The van der Waals surface area contributed by atoms with E-state index in [1.54, 1.807) is 26.0 Å². The van der Waals surface area contributed by atoms with E-state index in [1.807, 2.05) is 0 Å². The normalized spacial score (nSPS) is 11.3. The first-order chi connectivity index (χ1) is 13.2. The van der Waals surface area contributed by atoms with Crippen LogP contribution < -0.4 is 10.6 Å². The van der Waals surface area contributed by atoms with Crippen LogP contribution in [0, 0.1) is 0 Å². The number of thiocarbonyl (C=S) groups is 1. The molecular formula is C18H19Cl2N3O3S2. The number of hydrogen-bond acceptors (Lipinski definition) is 4. The van der Waals surface area contributed by atoms with Crippen LogP contribution in [0.25, 0.3) is 0 Å². The number of carbonyl (C=O) groups is 1. The Hall–Kier alpha value is -1.71. The van der Waals surface area contributed by atoms with Gasteiger partial charge < -0.3 is 5.32 Å². The molecule has 0 unspecified atom stereocenters. The fourth-order valence-corrected chi connectivity index (χ4v) is 4.64. The zero-order chi connectivity index (χ0) is 20.9. The summed E-state index contributed by atoms with van der Waals surface area (Å²) < 4.78 is 26.3. The maximum atomic E-state index is 12.5. The van der Waals surface area contributed by atoms with E-state index in [-0.39, 0.29) is 15.6 Å². The molecule has 10 heteroatoms. The van der Waals surface area contributed by atoms with Crippen molar-refractivity contribution in [1.29, 1.82) is 0 Å². The Bertz CT molecular complexity index is 956. The first kappa shape index (κ1) is 22.6. The predicted molar refractivity (Wildman–Crippen MR) is 117 cm³/mol. The molecular weight excluding hydrogens is 441 g/mol. The number of rotatable bonds is 6. The fourth-order valence-electron chi connectivity index (χ4n) is 2.45. The first-order valence-corrected chi connectivity index (χ1v) is 11.0. The third-order valence-electron chi connectivity index (χ3n) is 3.81. The van der Waals surface area contributed by atoms with Crippen molar-refractivity contribution < 1.29 is 13.2 Å². The summed E-state index contributed by atoms with van der Waals surface area (Å²) in [5, 5.41) is 6.08. The van der Waals surface area contributed by atoms with Crippen LogP contribution in [0.5, 0.6) is 0 Å². The number of hydrogen-bond donors (Lipinski definition) is 2. The van der Waals surface area contributed by atoms with Crippen LogP contribution in [-0.4, -0.2) is 36.8 Å². The number of benzene rings is 2. The SMILES string of the molecule is CCN(CC)S(=O)(=O)c1ccc(NC(=S)NC(=O)c2cc(Cl)cc(Cl)c2)cc1. The number of carbonyl (C=O) groups excluding carboxylic acids is 1. The van der Waals surface area contributed by atoms with Crippen molar-refractivity contribution in [3.05, 3.63) is 58.1 Å². The maximum Gasteiger partial charge on any atom is 0.257 e.